The SMILES string of the molecule is COc1nc(N2CCn3c(nc4ccc(S(C)(=O)=O)cc43)C2(CO)C(C)C)nc(N2CCN(C)CC2)c1C(F)(F)F. The third-order valence-corrected chi connectivity index (χ3v) is 9.24. The molecule has 1 unspecified atom stereocenters. The highest BCUT2D eigenvalue weighted by Crippen LogP contribution is 2.46. The zero-order chi connectivity index (χ0) is 29.9. The fourth-order valence-corrected chi connectivity index (χ4v) is 6.42. The lowest BCUT2D eigenvalue weighted by Crippen LogP contribution is -2.59. The maximum Gasteiger partial charge on any atom is 0.425 e. The molecule has 15 heteroatoms. The molecule has 3 aromatic rings. The van der Waals surface area contributed by atoms with Crippen LogP contribution in [0.25, 0.3) is 11.0 Å². The van der Waals surface area contributed by atoms with Crippen LogP contribution in [0.1, 0.15) is 25.2 Å². The minimum atomic E-state index is -4.76. The summed E-state index contributed by atoms with van der Waals surface area (Å²) >= 11 is 0. The molecule has 2 aliphatic rings. The van der Waals surface area contributed by atoms with Crippen molar-refractivity contribution in [1.29, 1.82) is 0 Å². The highest BCUT2D eigenvalue weighted by atomic mass is 32.2. The topological polar surface area (TPSA) is 117 Å². The van der Waals surface area contributed by atoms with E-state index < -0.39 is 39.6 Å². The Bertz CT molecular complexity index is 1570. The number of likely N-dealkylation sites (N-methyl/N-ethyl adjacent to an activating group) is 1. The Morgan fingerprint density at radius 1 is 1.07 bits per heavy atom. The van der Waals surface area contributed by atoms with E-state index in [4.69, 9.17) is 9.72 Å². The summed E-state index contributed by atoms with van der Waals surface area (Å²) in [6.45, 7) is 5.65. The Morgan fingerprint density at radius 3 is 2.32 bits per heavy atom. The van der Waals surface area contributed by atoms with Gasteiger partial charge in [0.05, 0.1) is 29.6 Å². The van der Waals surface area contributed by atoms with Gasteiger partial charge in [0, 0.05) is 45.5 Å². The summed E-state index contributed by atoms with van der Waals surface area (Å²) < 4.78 is 74.7. The fourth-order valence-electron chi connectivity index (χ4n) is 5.78. The van der Waals surface area contributed by atoms with Crippen molar-refractivity contribution in [2.24, 2.45) is 5.92 Å². The number of nitrogens with zero attached hydrogens (tertiary/aromatic N) is 7. The number of aromatic nitrogens is 4. The predicted molar refractivity (Wildman–Crippen MR) is 147 cm³/mol. The van der Waals surface area contributed by atoms with Gasteiger partial charge in [-0.3, -0.25) is 0 Å². The second-order valence-electron chi connectivity index (χ2n) is 10.9. The van der Waals surface area contributed by atoms with Gasteiger partial charge in [0.25, 0.3) is 0 Å². The molecule has 0 spiro atoms. The van der Waals surface area contributed by atoms with Crippen molar-refractivity contribution in [3.05, 3.63) is 29.6 Å². The summed E-state index contributed by atoms with van der Waals surface area (Å²) in [7, 11) is -0.428. The lowest BCUT2D eigenvalue weighted by molar-refractivity contribution is -0.138. The third-order valence-electron chi connectivity index (χ3n) is 8.13. The number of sulfone groups is 1. The summed E-state index contributed by atoms with van der Waals surface area (Å²) in [4.78, 5) is 19.0. The number of imidazole rings is 1. The summed E-state index contributed by atoms with van der Waals surface area (Å²) in [5, 5.41) is 11.0. The zero-order valence-electron chi connectivity index (χ0n) is 23.6. The minimum Gasteiger partial charge on any atom is -0.480 e. The normalized spacial score (nSPS) is 20.6. The van der Waals surface area contributed by atoms with Crippen molar-refractivity contribution in [1.82, 2.24) is 24.4 Å². The molecule has 1 saturated heterocycles. The van der Waals surface area contributed by atoms with Crippen molar-refractivity contribution in [2.75, 3.05) is 69.5 Å². The molecule has 2 aliphatic heterocycles. The van der Waals surface area contributed by atoms with Crippen LogP contribution in [0.5, 0.6) is 5.88 Å². The first-order valence-corrected chi connectivity index (χ1v) is 15.2. The number of aliphatic hydroxyl groups is 1. The number of halogens is 3. The highest BCUT2D eigenvalue weighted by Gasteiger charge is 2.50. The first-order chi connectivity index (χ1) is 19.2. The van der Waals surface area contributed by atoms with E-state index in [1.54, 1.807) is 21.9 Å². The second kappa shape index (κ2) is 10.3. The summed E-state index contributed by atoms with van der Waals surface area (Å²) in [5.41, 5.74) is -1.14. The molecule has 41 heavy (non-hydrogen) atoms. The number of piperazine rings is 1. The van der Waals surface area contributed by atoms with E-state index >= 15 is 0 Å². The van der Waals surface area contributed by atoms with Crippen molar-refractivity contribution in [2.45, 2.75) is 37.0 Å². The van der Waals surface area contributed by atoms with Gasteiger partial charge >= 0.3 is 6.18 Å². The number of fused-ring (bicyclic) bond motifs is 3. The van der Waals surface area contributed by atoms with Gasteiger partial charge in [-0.15, -0.1) is 0 Å². The van der Waals surface area contributed by atoms with Crippen LogP contribution in [-0.2, 0) is 28.1 Å². The smallest absolute Gasteiger partial charge is 0.425 e. The van der Waals surface area contributed by atoms with Crippen LogP contribution in [0.15, 0.2) is 23.1 Å². The van der Waals surface area contributed by atoms with Gasteiger partial charge in [-0.25, -0.2) is 13.4 Å². The predicted octanol–water partition coefficient (Wildman–Crippen LogP) is 2.37. The van der Waals surface area contributed by atoms with Gasteiger partial charge in [0.2, 0.25) is 11.8 Å². The van der Waals surface area contributed by atoms with Gasteiger partial charge in [-0.1, -0.05) is 13.8 Å². The van der Waals surface area contributed by atoms with Crippen molar-refractivity contribution in [3.63, 3.8) is 0 Å². The monoisotopic (exact) mass is 597 g/mol. The molecule has 0 aliphatic carbocycles. The molecule has 0 amide bonds. The minimum absolute atomic E-state index is 0.0124. The maximum atomic E-state index is 14.4. The highest BCUT2D eigenvalue weighted by molar-refractivity contribution is 7.90. The fraction of sp³-hybridized carbons (Fsp3) is 0.577. The van der Waals surface area contributed by atoms with E-state index in [0.29, 0.717) is 49.6 Å². The molecule has 1 aromatic carbocycles. The Hall–Kier alpha value is -3.17. The summed E-state index contributed by atoms with van der Waals surface area (Å²) in [5.74, 6) is -0.724. The van der Waals surface area contributed by atoms with E-state index in [0.717, 1.165) is 13.4 Å². The molecule has 0 bridgehead atoms. The van der Waals surface area contributed by atoms with Gasteiger partial charge in [0.1, 0.15) is 11.4 Å². The largest absolute Gasteiger partial charge is 0.480 e. The number of rotatable bonds is 6. The summed E-state index contributed by atoms with van der Waals surface area (Å²) in [6, 6.07) is 4.66. The van der Waals surface area contributed by atoms with Crippen LogP contribution in [0.4, 0.5) is 24.9 Å². The first kappa shape index (κ1) is 29.3. The number of hydrogen-bond acceptors (Lipinski definition) is 10. The van der Waals surface area contributed by atoms with E-state index in [9.17, 15) is 26.7 Å². The average Bonchev–Trinajstić information content (AvgIpc) is 3.29. The molecule has 1 fully saturated rings. The van der Waals surface area contributed by atoms with Crippen LogP contribution in [0, 0.1) is 5.92 Å². The van der Waals surface area contributed by atoms with Gasteiger partial charge in [-0.05, 0) is 31.2 Å². The number of alkyl halides is 3. The number of anilines is 2. The molecule has 4 heterocycles. The van der Waals surface area contributed by atoms with Crippen molar-refractivity contribution in [3.8, 4) is 5.88 Å². The Morgan fingerprint density at radius 2 is 1.76 bits per heavy atom. The molecule has 224 valence electrons. The van der Waals surface area contributed by atoms with E-state index in [1.165, 1.54) is 6.07 Å². The molecular formula is C26H34F3N7O4S. The summed E-state index contributed by atoms with van der Waals surface area (Å²) in [6.07, 6.45) is -3.63. The Labute approximate surface area is 236 Å². The molecule has 1 atom stereocenters. The molecule has 11 nitrogen and oxygen atoms in total. The van der Waals surface area contributed by atoms with Gasteiger partial charge < -0.3 is 29.1 Å². The van der Waals surface area contributed by atoms with Gasteiger partial charge in [0.15, 0.2) is 21.2 Å². The van der Waals surface area contributed by atoms with Crippen LogP contribution < -0.4 is 14.5 Å². The third kappa shape index (κ3) is 4.87. The lowest BCUT2D eigenvalue weighted by atomic mass is 9.83. The standard InChI is InChI=1S/C26H34F3N7O4S/c1-16(2)25(15-37)23-30-18-7-6-17(41(5,38)39)14-19(18)35(23)12-13-36(25)24-31-21(34-10-8-33(3)9-11-34)20(26(27,28)29)22(32-24)40-4/h6-7,14,16,37H,8-13,15H2,1-5H3. The Kier molecular flexibility index (Phi) is 7.35. The van der Waals surface area contributed by atoms with Gasteiger partial charge in [-0.2, -0.15) is 23.1 Å². The van der Waals surface area contributed by atoms with Crippen LogP contribution in [0.3, 0.4) is 0 Å². The van der Waals surface area contributed by atoms with Crippen LogP contribution in [-0.4, -0.2) is 97.7 Å². The molecule has 1 N–H and O–H groups in total. The zero-order valence-corrected chi connectivity index (χ0v) is 24.4. The maximum absolute atomic E-state index is 14.4. The number of aliphatic hydroxyl groups excluding tert-OH is 1. The Balaban J connectivity index is 1.71. The molecule has 0 saturated carbocycles. The first-order valence-electron chi connectivity index (χ1n) is 13.3. The molecule has 5 rings (SSSR count). The lowest BCUT2D eigenvalue weighted by Gasteiger charge is -2.48. The van der Waals surface area contributed by atoms with E-state index in [-0.39, 0.29) is 29.1 Å². The average molecular weight is 598 g/mol. The number of methoxy groups -OCH3 is 1. The van der Waals surface area contributed by atoms with Crippen LogP contribution in [0.2, 0.25) is 0 Å². The van der Waals surface area contributed by atoms with Crippen molar-refractivity contribution < 1.29 is 31.4 Å². The van der Waals surface area contributed by atoms with Crippen LogP contribution >= 0.6 is 0 Å². The second-order valence-corrected chi connectivity index (χ2v) is 12.9. The van der Waals surface area contributed by atoms with E-state index in [1.807, 2.05) is 30.4 Å². The van der Waals surface area contributed by atoms with E-state index in [2.05, 4.69) is 9.97 Å². The molecule has 0 radical (unpaired) electrons. The number of ether oxygens (including phenoxy) is 1. The number of benzene rings is 1. The quantitative estimate of drug-likeness (QED) is 0.454. The molecular weight excluding hydrogens is 563 g/mol. The van der Waals surface area contributed by atoms with Crippen molar-refractivity contribution >= 4 is 32.6 Å². The number of hydrogen-bond donors (Lipinski definition) is 1. The molecule has 2 aromatic heterocycles.